The summed E-state index contributed by atoms with van der Waals surface area (Å²) in [6.45, 7) is 0. The number of fused-ring (bicyclic) bond motifs is 1. The van der Waals surface area contributed by atoms with Crippen LogP contribution in [0.4, 0.5) is 0 Å². The van der Waals surface area contributed by atoms with Gasteiger partial charge in [0.1, 0.15) is 11.3 Å². The number of carbonyl (C=O) groups excluding carboxylic acids is 1. The predicted molar refractivity (Wildman–Crippen MR) is 66.2 cm³/mol. The first-order chi connectivity index (χ1) is 7.65. The van der Waals surface area contributed by atoms with Crippen LogP contribution in [0.25, 0.3) is 10.9 Å². The lowest BCUT2D eigenvalue weighted by molar-refractivity contribution is 0.108. The van der Waals surface area contributed by atoms with Gasteiger partial charge in [0.25, 0.3) is 5.24 Å². The molecule has 0 aliphatic carbocycles. The van der Waals surface area contributed by atoms with E-state index in [4.69, 9.17) is 16.3 Å². The molecule has 0 N–H and O–H groups in total. The van der Waals surface area contributed by atoms with Crippen molar-refractivity contribution in [2.24, 2.45) is 0 Å². The number of hydrogen-bond acceptors (Lipinski definition) is 3. The average molecular weight is 301 g/mol. The molecule has 1 aromatic heterocycles. The Balaban J connectivity index is 2.91. The number of methoxy groups -OCH3 is 1. The summed E-state index contributed by atoms with van der Waals surface area (Å²) in [5.74, 6) is 0.609. The molecule has 0 spiro atoms. The second-order valence-corrected chi connectivity index (χ2v) is 4.30. The van der Waals surface area contributed by atoms with Crippen molar-refractivity contribution in [3.63, 3.8) is 0 Å². The molecule has 2 aromatic rings. The van der Waals surface area contributed by atoms with Gasteiger partial charge in [-0.05, 0) is 29.8 Å². The number of hydrogen-bond donors (Lipinski definition) is 0. The standard InChI is InChI=1S/C11H7BrClNO2/c1-16-8-3-2-7(12)9-6(11(13)15)4-5-14-10(8)9/h2-5H,1H3. The lowest BCUT2D eigenvalue weighted by atomic mass is 10.1. The van der Waals surface area contributed by atoms with E-state index in [1.54, 1.807) is 25.3 Å². The monoisotopic (exact) mass is 299 g/mol. The summed E-state index contributed by atoms with van der Waals surface area (Å²) >= 11 is 8.89. The van der Waals surface area contributed by atoms with Crippen molar-refractivity contribution in [2.45, 2.75) is 0 Å². The second-order valence-electron chi connectivity index (χ2n) is 3.11. The first-order valence-corrected chi connectivity index (χ1v) is 5.63. The third-order valence-corrected chi connectivity index (χ3v) is 3.10. The molecule has 1 heterocycles. The first kappa shape index (κ1) is 11.4. The van der Waals surface area contributed by atoms with E-state index in [-0.39, 0.29) is 0 Å². The Morgan fingerprint density at radius 3 is 2.81 bits per heavy atom. The minimum absolute atomic E-state index is 0.414. The Morgan fingerprint density at radius 2 is 2.19 bits per heavy atom. The Kier molecular flexibility index (Phi) is 3.12. The van der Waals surface area contributed by atoms with Crippen LogP contribution in [0.2, 0.25) is 0 Å². The summed E-state index contributed by atoms with van der Waals surface area (Å²) < 4.78 is 5.94. The van der Waals surface area contributed by atoms with E-state index >= 15 is 0 Å². The molecule has 0 radical (unpaired) electrons. The van der Waals surface area contributed by atoms with Crippen molar-refractivity contribution in [1.29, 1.82) is 0 Å². The molecule has 0 saturated heterocycles. The molecule has 0 aliphatic heterocycles. The number of ether oxygens (including phenoxy) is 1. The van der Waals surface area contributed by atoms with Crippen LogP contribution in [-0.2, 0) is 0 Å². The van der Waals surface area contributed by atoms with Crippen molar-refractivity contribution in [3.8, 4) is 5.75 Å². The number of pyridine rings is 1. The van der Waals surface area contributed by atoms with Crippen LogP contribution in [0.5, 0.6) is 5.75 Å². The van der Waals surface area contributed by atoms with Crippen LogP contribution >= 0.6 is 27.5 Å². The molecule has 16 heavy (non-hydrogen) atoms. The van der Waals surface area contributed by atoms with Gasteiger partial charge in [0.05, 0.1) is 7.11 Å². The second kappa shape index (κ2) is 4.39. The summed E-state index contributed by atoms with van der Waals surface area (Å²) in [7, 11) is 1.56. The third kappa shape index (κ3) is 1.79. The van der Waals surface area contributed by atoms with Gasteiger partial charge in [-0.1, -0.05) is 15.9 Å². The Bertz CT molecular complexity index is 571. The van der Waals surface area contributed by atoms with E-state index in [0.29, 0.717) is 22.2 Å². The topological polar surface area (TPSA) is 39.2 Å². The molecule has 0 fully saturated rings. The van der Waals surface area contributed by atoms with Crippen LogP contribution in [0.3, 0.4) is 0 Å². The van der Waals surface area contributed by atoms with Crippen molar-refractivity contribution in [1.82, 2.24) is 4.98 Å². The number of benzene rings is 1. The first-order valence-electron chi connectivity index (χ1n) is 4.46. The lowest BCUT2D eigenvalue weighted by Gasteiger charge is -2.08. The molecule has 2 rings (SSSR count). The molecule has 5 heteroatoms. The largest absolute Gasteiger partial charge is 0.494 e. The fourth-order valence-electron chi connectivity index (χ4n) is 1.53. The Morgan fingerprint density at radius 1 is 1.44 bits per heavy atom. The average Bonchev–Trinajstić information content (AvgIpc) is 2.29. The number of nitrogens with zero attached hydrogens (tertiary/aromatic N) is 1. The molecule has 0 aliphatic rings. The van der Waals surface area contributed by atoms with Crippen LogP contribution in [0.15, 0.2) is 28.9 Å². The smallest absolute Gasteiger partial charge is 0.253 e. The highest BCUT2D eigenvalue weighted by atomic mass is 79.9. The summed E-state index contributed by atoms with van der Waals surface area (Å²) in [4.78, 5) is 15.5. The number of rotatable bonds is 2. The maximum atomic E-state index is 11.3. The van der Waals surface area contributed by atoms with Crippen molar-refractivity contribution < 1.29 is 9.53 Å². The van der Waals surface area contributed by atoms with Crippen molar-refractivity contribution >= 4 is 43.7 Å². The summed E-state index contributed by atoms with van der Waals surface area (Å²) in [5.41, 5.74) is 1.03. The van der Waals surface area contributed by atoms with Gasteiger partial charge in [-0.15, -0.1) is 0 Å². The molecule has 3 nitrogen and oxygen atoms in total. The fraction of sp³-hybridized carbons (Fsp3) is 0.0909. The molecule has 0 atom stereocenters. The van der Waals surface area contributed by atoms with Crippen LogP contribution in [-0.4, -0.2) is 17.3 Å². The van der Waals surface area contributed by atoms with Gasteiger partial charge in [-0.3, -0.25) is 9.78 Å². The highest BCUT2D eigenvalue weighted by molar-refractivity contribution is 9.10. The molecule has 1 aromatic carbocycles. The summed E-state index contributed by atoms with van der Waals surface area (Å²) in [6.07, 6.45) is 1.53. The van der Waals surface area contributed by atoms with Gasteiger partial charge in [-0.25, -0.2) is 0 Å². The Hall–Kier alpha value is -1.13. The Labute approximate surface area is 106 Å². The lowest BCUT2D eigenvalue weighted by Crippen LogP contribution is -1.95. The quantitative estimate of drug-likeness (QED) is 0.798. The van der Waals surface area contributed by atoms with Crippen LogP contribution in [0.1, 0.15) is 10.4 Å². The molecule has 0 bridgehead atoms. The van der Waals surface area contributed by atoms with E-state index in [2.05, 4.69) is 20.9 Å². The highest BCUT2D eigenvalue weighted by Gasteiger charge is 2.13. The molecule has 0 saturated carbocycles. The van der Waals surface area contributed by atoms with Crippen LogP contribution < -0.4 is 4.74 Å². The van der Waals surface area contributed by atoms with Gasteiger partial charge in [0.2, 0.25) is 0 Å². The van der Waals surface area contributed by atoms with E-state index < -0.39 is 5.24 Å². The maximum Gasteiger partial charge on any atom is 0.253 e. The predicted octanol–water partition coefficient (Wildman–Crippen LogP) is 3.38. The molecule has 0 amide bonds. The van der Waals surface area contributed by atoms with E-state index in [0.717, 1.165) is 4.47 Å². The van der Waals surface area contributed by atoms with Gasteiger partial charge in [0, 0.05) is 21.6 Å². The zero-order valence-electron chi connectivity index (χ0n) is 8.33. The molecule has 82 valence electrons. The third-order valence-electron chi connectivity index (χ3n) is 2.24. The van der Waals surface area contributed by atoms with E-state index in [1.165, 1.54) is 6.20 Å². The molecular weight excluding hydrogens is 293 g/mol. The minimum Gasteiger partial charge on any atom is -0.494 e. The van der Waals surface area contributed by atoms with E-state index in [9.17, 15) is 4.79 Å². The van der Waals surface area contributed by atoms with Crippen molar-refractivity contribution in [2.75, 3.05) is 7.11 Å². The number of halogens is 2. The number of aromatic nitrogens is 1. The van der Waals surface area contributed by atoms with Gasteiger partial charge >= 0.3 is 0 Å². The van der Waals surface area contributed by atoms with Crippen molar-refractivity contribution in [3.05, 3.63) is 34.4 Å². The molecular formula is C11H7BrClNO2. The molecule has 0 unspecified atom stereocenters. The van der Waals surface area contributed by atoms with Gasteiger partial charge in [0.15, 0.2) is 0 Å². The highest BCUT2D eigenvalue weighted by Crippen LogP contribution is 2.32. The number of carbonyl (C=O) groups is 1. The zero-order valence-corrected chi connectivity index (χ0v) is 10.7. The SMILES string of the molecule is COc1ccc(Br)c2c(C(=O)Cl)ccnc12. The zero-order chi connectivity index (χ0) is 11.7. The van der Waals surface area contributed by atoms with Gasteiger partial charge in [-0.2, -0.15) is 0 Å². The fourth-order valence-corrected chi connectivity index (χ4v) is 2.22. The van der Waals surface area contributed by atoms with E-state index in [1.807, 2.05) is 0 Å². The summed E-state index contributed by atoms with van der Waals surface area (Å²) in [6, 6.07) is 5.16. The maximum absolute atomic E-state index is 11.3. The van der Waals surface area contributed by atoms with Gasteiger partial charge < -0.3 is 4.74 Å². The summed E-state index contributed by atoms with van der Waals surface area (Å²) in [5, 5.41) is 0.156. The minimum atomic E-state index is -0.513. The van der Waals surface area contributed by atoms with Crippen LogP contribution in [0, 0.1) is 0 Å². The normalized spacial score (nSPS) is 10.4.